The Balaban J connectivity index is 1.68. The van der Waals surface area contributed by atoms with Crippen molar-refractivity contribution in [2.75, 3.05) is 27.9 Å². The Bertz CT molecular complexity index is 931. The van der Waals surface area contributed by atoms with Crippen molar-refractivity contribution in [3.63, 3.8) is 0 Å². The van der Waals surface area contributed by atoms with Crippen molar-refractivity contribution in [3.8, 4) is 17.2 Å². The Morgan fingerprint density at radius 3 is 2.31 bits per heavy atom. The van der Waals surface area contributed by atoms with Crippen LogP contribution >= 0.6 is 0 Å². The molecule has 0 aliphatic carbocycles. The predicted molar refractivity (Wildman–Crippen MR) is 104 cm³/mol. The lowest BCUT2D eigenvalue weighted by molar-refractivity contribution is -0.133. The van der Waals surface area contributed by atoms with Gasteiger partial charge in [-0.1, -0.05) is 18.2 Å². The summed E-state index contributed by atoms with van der Waals surface area (Å²) in [7, 11) is 4.52. The Hall–Kier alpha value is -3.55. The van der Waals surface area contributed by atoms with Crippen LogP contribution < -0.4 is 19.5 Å². The summed E-state index contributed by atoms with van der Waals surface area (Å²) in [6, 6.07) is 10.3. The molecule has 0 aromatic heterocycles. The number of imide groups is 1. The summed E-state index contributed by atoms with van der Waals surface area (Å²) < 4.78 is 15.9. The maximum absolute atomic E-state index is 12.6. The largest absolute Gasteiger partial charge is 0.493 e. The third-order valence-corrected chi connectivity index (χ3v) is 4.65. The zero-order valence-electron chi connectivity index (χ0n) is 16.5. The van der Waals surface area contributed by atoms with Crippen LogP contribution in [-0.4, -0.2) is 50.5 Å². The van der Waals surface area contributed by atoms with E-state index in [1.165, 1.54) is 21.3 Å². The van der Waals surface area contributed by atoms with Gasteiger partial charge in [0.1, 0.15) is 6.54 Å². The summed E-state index contributed by atoms with van der Waals surface area (Å²) in [6.07, 6.45) is 0.0993. The zero-order valence-corrected chi connectivity index (χ0v) is 16.5. The van der Waals surface area contributed by atoms with Gasteiger partial charge in [-0.2, -0.15) is 0 Å². The van der Waals surface area contributed by atoms with Crippen LogP contribution in [0.15, 0.2) is 36.4 Å². The minimum Gasteiger partial charge on any atom is -0.493 e. The van der Waals surface area contributed by atoms with E-state index in [9.17, 15) is 14.4 Å². The number of carbonyl (C=O) groups excluding carboxylic acids is 3. The van der Waals surface area contributed by atoms with Crippen LogP contribution in [0.3, 0.4) is 0 Å². The molecule has 152 valence electrons. The van der Waals surface area contributed by atoms with E-state index < -0.39 is 17.7 Å². The molecule has 3 amide bonds. The highest BCUT2D eigenvalue weighted by Gasteiger charge is 2.31. The highest BCUT2D eigenvalue weighted by atomic mass is 16.5. The average molecular weight is 398 g/mol. The molecule has 0 spiro atoms. The van der Waals surface area contributed by atoms with Crippen LogP contribution in [0.5, 0.6) is 17.2 Å². The zero-order chi connectivity index (χ0) is 21.0. The lowest BCUT2D eigenvalue weighted by Gasteiger charge is -2.26. The van der Waals surface area contributed by atoms with Gasteiger partial charge < -0.3 is 19.5 Å². The number of benzene rings is 2. The fourth-order valence-electron chi connectivity index (χ4n) is 3.20. The average Bonchev–Trinajstić information content (AvgIpc) is 2.74. The number of rotatable bonds is 7. The molecule has 29 heavy (non-hydrogen) atoms. The molecule has 2 aromatic carbocycles. The molecule has 0 unspecified atom stereocenters. The molecule has 0 saturated carbocycles. The lowest BCUT2D eigenvalue weighted by atomic mass is 9.98. The third-order valence-electron chi connectivity index (χ3n) is 4.65. The summed E-state index contributed by atoms with van der Waals surface area (Å²) >= 11 is 0. The number of ether oxygens (including phenoxy) is 3. The first kappa shape index (κ1) is 20.2. The van der Waals surface area contributed by atoms with Crippen molar-refractivity contribution in [1.29, 1.82) is 0 Å². The lowest BCUT2D eigenvalue weighted by Crippen LogP contribution is -2.47. The van der Waals surface area contributed by atoms with Crippen LogP contribution in [0.2, 0.25) is 0 Å². The monoisotopic (exact) mass is 398 g/mol. The van der Waals surface area contributed by atoms with E-state index >= 15 is 0 Å². The molecular formula is C21H22N2O6. The molecule has 3 rings (SSSR count). The second kappa shape index (κ2) is 8.64. The molecule has 0 bridgehead atoms. The van der Waals surface area contributed by atoms with Crippen molar-refractivity contribution in [2.45, 2.75) is 13.0 Å². The Labute approximate surface area is 168 Å². The van der Waals surface area contributed by atoms with Gasteiger partial charge in [0, 0.05) is 12.1 Å². The highest BCUT2D eigenvalue weighted by molar-refractivity contribution is 6.11. The van der Waals surface area contributed by atoms with Crippen LogP contribution in [0.25, 0.3) is 0 Å². The molecule has 2 aromatic rings. The quantitative estimate of drug-likeness (QED) is 0.712. The molecule has 1 N–H and O–H groups in total. The maximum atomic E-state index is 12.6. The fraction of sp³-hybridized carbons (Fsp3) is 0.286. The first-order valence-corrected chi connectivity index (χ1v) is 8.96. The SMILES string of the molecule is COc1cc(CNC(=O)CN2C(=O)Cc3ccccc3C2=O)cc(OC)c1OC. The molecule has 0 atom stereocenters. The number of nitrogens with one attached hydrogen (secondary N) is 1. The van der Waals surface area contributed by atoms with Gasteiger partial charge in [0.2, 0.25) is 17.6 Å². The number of amides is 3. The van der Waals surface area contributed by atoms with Crippen molar-refractivity contribution in [2.24, 2.45) is 0 Å². The van der Waals surface area contributed by atoms with Gasteiger partial charge in [0.05, 0.1) is 27.8 Å². The number of hydrogen-bond donors (Lipinski definition) is 1. The molecule has 0 fully saturated rings. The van der Waals surface area contributed by atoms with Crippen molar-refractivity contribution in [1.82, 2.24) is 10.2 Å². The summed E-state index contributed by atoms with van der Waals surface area (Å²) in [4.78, 5) is 38.2. The van der Waals surface area contributed by atoms with Gasteiger partial charge in [0.25, 0.3) is 5.91 Å². The third kappa shape index (κ3) is 4.16. The van der Waals surface area contributed by atoms with Crippen LogP contribution in [-0.2, 0) is 22.6 Å². The van der Waals surface area contributed by atoms with Gasteiger partial charge in [-0.25, -0.2) is 0 Å². The number of hydrogen-bond acceptors (Lipinski definition) is 6. The second-order valence-electron chi connectivity index (χ2n) is 6.43. The summed E-state index contributed by atoms with van der Waals surface area (Å²) in [5, 5.41) is 2.71. The van der Waals surface area contributed by atoms with Gasteiger partial charge in [0.15, 0.2) is 11.5 Å². The number of methoxy groups -OCH3 is 3. The first-order chi connectivity index (χ1) is 14.0. The predicted octanol–water partition coefficient (Wildman–Crippen LogP) is 1.55. The van der Waals surface area contributed by atoms with Crippen LogP contribution in [0.1, 0.15) is 21.5 Å². The summed E-state index contributed by atoms with van der Waals surface area (Å²) in [5.41, 5.74) is 1.84. The molecule has 8 nitrogen and oxygen atoms in total. The molecule has 8 heteroatoms. The van der Waals surface area contributed by atoms with Crippen LogP contribution in [0, 0.1) is 0 Å². The fourth-order valence-corrected chi connectivity index (χ4v) is 3.20. The molecule has 0 radical (unpaired) electrons. The first-order valence-electron chi connectivity index (χ1n) is 8.96. The van der Waals surface area contributed by atoms with E-state index in [1.807, 2.05) is 0 Å². The summed E-state index contributed by atoms with van der Waals surface area (Å²) in [5.74, 6) is 0.0905. The molecule has 1 aliphatic heterocycles. The Morgan fingerprint density at radius 2 is 1.69 bits per heavy atom. The molecule has 1 heterocycles. The van der Waals surface area contributed by atoms with Gasteiger partial charge in [-0.3, -0.25) is 19.3 Å². The molecule has 0 saturated heterocycles. The highest BCUT2D eigenvalue weighted by Crippen LogP contribution is 2.38. The van der Waals surface area contributed by atoms with E-state index in [4.69, 9.17) is 14.2 Å². The van der Waals surface area contributed by atoms with Crippen molar-refractivity contribution in [3.05, 3.63) is 53.1 Å². The summed E-state index contributed by atoms with van der Waals surface area (Å²) in [6.45, 7) is -0.168. The number of carbonyl (C=O) groups is 3. The minimum atomic E-state index is -0.459. The molecular weight excluding hydrogens is 376 g/mol. The van der Waals surface area contributed by atoms with E-state index in [2.05, 4.69) is 5.32 Å². The second-order valence-corrected chi connectivity index (χ2v) is 6.43. The van der Waals surface area contributed by atoms with Gasteiger partial charge >= 0.3 is 0 Å². The smallest absolute Gasteiger partial charge is 0.261 e. The van der Waals surface area contributed by atoms with E-state index in [0.29, 0.717) is 28.4 Å². The number of fused-ring (bicyclic) bond motifs is 1. The van der Waals surface area contributed by atoms with Gasteiger partial charge in [-0.15, -0.1) is 0 Å². The Morgan fingerprint density at radius 1 is 1.03 bits per heavy atom. The standard InChI is InChI=1S/C21H22N2O6/c1-27-16-8-13(9-17(28-2)20(16)29-3)11-22-18(24)12-23-19(25)10-14-6-4-5-7-15(14)21(23)26/h4-9H,10-12H2,1-3H3,(H,22,24). The topological polar surface area (TPSA) is 94.2 Å². The molecule has 1 aliphatic rings. The van der Waals surface area contributed by atoms with E-state index in [0.717, 1.165) is 10.5 Å². The van der Waals surface area contributed by atoms with Crippen molar-refractivity contribution < 1.29 is 28.6 Å². The maximum Gasteiger partial charge on any atom is 0.261 e. The van der Waals surface area contributed by atoms with Crippen LogP contribution in [0.4, 0.5) is 0 Å². The number of nitrogens with zero attached hydrogens (tertiary/aromatic N) is 1. The van der Waals surface area contributed by atoms with Crippen molar-refractivity contribution >= 4 is 17.7 Å². The Kier molecular flexibility index (Phi) is 6.01. The van der Waals surface area contributed by atoms with E-state index in [-0.39, 0.29) is 19.5 Å². The van der Waals surface area contributed by atoms with Gasteiger partial charge in [-0.05, 0) is 29.3 Å². The van der Waals surface area contributed by atoms with E-state index in [1.54, 1.807) is 36.4 Å². The minimum absolute atomic E-state index is 0.0993. The normalized spacial score (nSPS) is 13.0.